The molecule has 0 spiro atoms. The van der Waals surface area contributed by atoms with Crippen LogP contribution >= 0.6 is 22.9 Å². The summed E-state index contributed by atoms with van der Waals surface area (Å²) in [7, 11) is 0. The van der Waals surface area contributed by atoms with Gasteiger partial charge in [0.2, 0.25) is 5.13 Å². The number of nitrogens with one attached hydrogen (secondary N) is 1. The third-order valence-electron chi connectivity index (χ3n) is 3.88. The number of para-hydroxylation sites is 1. The lowest BCUT2D eigenvalue weighted by molar-refractivity contribution is 0.307. The number of aromatic nitrogens is 3. The third-order valence-corrected chi connectivity index (χ3v) is 5.00. The molecule has 0 bridgehead atoms. The lowest BCUT2D eigenvalue weighted by atomic mass is 10.2. The number of halogens is 1. The van der Waals surface area contributed by atoms with Crippen molar-refractivity contribution in [1.29, 1.82) is 0 Å². The second kappa shape index (κ2) is 8.24. The molecule has 4 aromatic rings. The molecule has 28 heavy (non-hydrogen) atoms. The van der Waals surface area contributed by atoms with Crippen LogP contribution in [-0.2, 0) is 6.61 Å². The van der Waals surface area contributed by atoms with Crippen LogP contribution in [0.2, 0.25) is 5.02 Å². The lowest BCUT2D eigenvalue weighted by Crippen LogP contribution is -1.99. The minimum Gasteiger partial charge on any atom is -0.488 e. The van der Waals surface area contributed by atoms with E-state index in [2.05, 4.69) is 20.5 Å². The number of pyridine rings is 1. The van der Waals surface area contributed by atoms with Gasteiger partial charge in [-0.1, -0.05) is 35.1 Å². The first kappa shape index (κ1) is 18.2. The number of nitrogen functional groups attached to an aromatic ring is 1. The molecule has 0 aliphatic carbocycles. The van der Waals surface area contributed by atoms with Gasteiger partial charge in [0.1, 0.15) is 18.2 Å². The van der Waals surface area contributed by atoms with E-state index in [4.69, 9.17) is 22.1 Å². The Bertz CT molecular complexity index is 1080. The predicted molar refractivity (Wildman–Crippen MR) is 113 cm³/mol. The minimum atomic E-state index is 0.387. The summed E-state index contributed by atoms with van der Waals surface area (Å²) in [5.74, 6) is 1.20. The first-order chi connectivity index (χ1) is 13.7. The maximum Gasteiger partial charge on any atom is 0.210 e. The Hall–Kier alpha value is -3.16. The van der Waals surface area contributed by atoms with Gasteiger partial charge in [0.15, 0.2) is 5.01 Å². The number of hydrogen-bond donors (Lipinski definition) is 2. The first-order valence-corrected chi connectivity index (χ1v) is 9.65. The molecule has 2 aromatic carbocycles. The molecule has 0 fully saturated rings. The van der Waals surface area contributed by atoms with Gasteiger partial charge in [-0.3, -0.25) is 0 Å². The largest absolute Gasteiger partial charge is 0.488 e. The SMILES string of the molecule is Nc1cc(COc2ccccc2-c2nnc(Nc3ccc(Cl)cc3)s2)ccn1. The number of nitrogens with zero attached hydrogens (tertiary/aromatic N) is 3. The molecule has 0 aliphatic heterocycles. The van der Waals surface area contributed by atoms with E-state index in [9.17, 15) is 0 Å². The summed E-state index contributed by atoms with van der Waals surface area (Å²) < 4.78 is 5.99. The van der Waals surface area contributed by atoms with Gasteiger partial charge in [-0.25, -0.2) is 4.98 Å². The molecule has 140 valence electrons. The van der Waals surface area contributed by atoms with Gasteiger partial charge < -0.3 is 15.8 Å². The summed E-state index contributed by atoms with van der Waals surface area (Å²) >= 11 is 7.37. The first-order valence-electron chi connectivity index (χ1n) is 8.46. The Balaban J connectivity index is 1.51. The number of ether oxygens (including phenoxy) is 1. The van der Waals surface area contributed by atoms with Gasteiger partial charge in [-0.2, -0.15) is 0 Å². The summed E-state index contributed by atoms with van der Waals surface area (Å²) in [5.41, 5.74) is 8.45. The highest BCUT2D eigenvalue weighted by molar-refractivity contribution is 7.18. The van der Waals surface area contributed by atoms with Crippen LogP contribution in [0.4, 0.5) is 16.6 Å². The summed E-state index contributed by atoms with van der Waals surface area (Å²) in [4.78, 5) is 3.99. The molecular formula is C20H16ClN5OS. The predicted octanol–water partition coefficient (Wildman–Crippen LogP) is 5.16. The van der Waals surface area contributed by atoms with E-state index in [-0.39, 0.29) is 0 Å². The Labute approximate surface area is 171 Å². The van der Waals surface area contributed by atoms with Crippen molar-refractivity contribution in [2.45, 2.75) is 6.61 Å². The number of anilines is 3. The molecule has 0 saturated carbocycles. The van der Waals surface area contributed by atoms with Crippen LogP contribution in [0.3, 0.4) is 0 Å². The average Bonchev–Trinajstić information content (AvgIpc) is 3.17. The fourth-order valence-corrected chi connectivity index (χ4v) is 3.47. The van der Waals surface area contributed by atoms with Gasteiger partial charge in [-0.05, 0) is 54.1 Å². The van der Waals surface area contributed by atoms with Crippen LogP contribution in [0.15, 0.2) is 66.9 Å². The van der Waals surface area contributed by atoms with Crippen molar-refractivity contribution in [2.75, 3.05) is 11.1 Å². The Morgan fingerprint density at radius 2 is 1.86 bits per heavy atom. The Morgan fingerprint density at radius 3 is 2.68 bits per heavy atom. The van der Waals surface area contributed by atoms with Crippen LogP contribution in [0.5, 0.6) is 5.75 Å². The van der Waals surface area contributed by atoms with Crippen LogP contribution < -0.4 is 15.8 Å². The normalized spacial score (nSPS) is 10.6. The van der Waals surface area contributed by atoms with E-state index in [0.29, 0.717) is 22.6 Å². The third kappa shape index (κ3) is 4.39. The van der Waals surface area contributed by atoms with E-state index in [1.165, 1.54) is 11.3 Å². The van der Waals surface area contributed by atoms with E-state index >= 15 is 0 Å². The van der Waals surface area contributed by atoms with Gasteiger partial charge in [0.25, 0.3) is 0 Å². The molecule has 0 saturated heterocycles. The zero-order chi connectivity index (χ0) is 19.3. The minimum absolute atomic E-state index is 0.387. The van der Waals surface area contributed by atoms with Crippen molar-refractivity contribution in [3.8, 4) is 16.3 Å². The van der Waals surface area contributed by atoms with Crippen molar-refractivity contribution in [2.24, 2.45) is 0 Å². The number of rotatable bonds is 6. The molecule has 3 N–H and O–H groups in total. The zero-order valence-electron chi connectivity index (χ0n) is 14.7. The summed E-state index contributed by atoms with van der Waals surface area (Å²) in [6, 6.07) is 18.8. The monoisotopic (exact) mass is 409 g/mol. The molecular weight excluding hydrogens is 394 g/mol. The number of hydrogen-bond acceptors (Lipinski definition) is 7. The van der Waals surface area contributed by atoms with Gasteiger partial charge in [-0.15, -0.1) is 10.2 Å². The Kier molecular flexibility index (Phi) is 5.36. The van der Waals surface area contributed by atoms with Crippen molar-refractivity contribution >= 4 is 39.6 Å². The van der Waals surface area contributed by atoms with Crippen LogP contribution in [0.1, 0.15) is 5.56 Å². The fraction of sp³-hybridized carbons (Fsp3) is 0.0500. The second-order valence-corrected chi connectivity index (χ2v) is 7.33. The standard InChI is InChI=1S/C20H16ClN5OS/c21-14-5-7-15(8-6-14)24-20-26-25-19(28-20)16-3-1-2-4-17(16)27-12-13-9-10-23-18(22)11-13/h1-11H,12H2,(H2,22,23)(H,24,26). The number of nitrogens with two attached hydrogens (primary N) is 1. The van der Waals surface area contributed by atoms with E-state index in [1.54, 1.807) is 12.3 Å². The van der Waals surface area contributed by atoms with Crippen LogP contribution in [-0.4, -0.2) is 15.2 Å². The zero-order valence-corrected chi connectivity index (χ0v) is 16.2. The molecule has 0 unspecified atom stereocenters. The van der Waals surface area contributed by atoms with E-state index in [1.807, 2.05) is 54.6 Å². The maximum absolute atomic E-state index is 5.99. The molecule has 0 aliphatic rings. The lowest BCUT2D eigenvalue weighted by Gasteiger charge is -2.10. The quantitative estimate of drug-likeness (QED) is 0.457. The molecule has 0 radical (unpaired) electrons. The van der Waals surface area contributed by atoms with Crippen LogP contribution in [0.25, 0.3) is 10.6 Å². The van der Waals surface area contributed by atoms with E-state index in [0.717, 1.165) is 27.6 Å². The topological polar surface area (TPSA) is 86.0 Å². The van der Waals surface area contributed by atoms with Gasteiger partial charge >= 0.3 is 0 Å². The number of benzene rings is 2. The Morgan fingerprint density at radius 1 is 1.04 bits per heavy atom. The van der Waals surface area contributed by atoms with Crippen molar-refractivity contribution in [3.05, 3.63) is 77.4 Å². The van der Waals surface area contributed by atoms with Crippen molar-refractivity contribution < 1.29 is 4.74 Å². The highest BCUT2D eigenvalue weighted by atomic mass is 35.5. The molecule has 4 rings (SSSR count). The smallest absolute Gasteiger partial charge is 0.210 e. The molecule has 0 amide bonds. The second-order valence-electron chi connectivity index (χ2n) is 5.92. The maximum atomic E-state index is 5.99. The van der Waals surface area contributed by atoms with Gasteiger partial charge in [0, 0.05) is 16.9 Å². The van der Waals surface area contributed by atoms with Gasteiger partial charge in [0.05, 0.1) is 5.56 Å². The molecule has 8 heteroatoms. The highest BCUT2D eigenvalue weighted by Crippen LogP contribution is 2.34. The highest BCUT2D eigenvalue weighted by Gasteiger charge is 2.12. The summed E-state index contributed by atoms with van der Waals surface area (Å²) in [6.45, 7) is 0.387. The summed E-state index contributed by atoms with van der Waals surface area (Å²) in [5, 5.41) is 13.9. The van der Waals surface area contributed by atoms with Crippen LogP contribution in [0, 0.1) is 0 Å². The molecule has 0 atom stereocenters. The average molecular weight is 410 g/mol. The molecule has 6 nitrogen and oxygen atoms in total. The van der Waals surface area contributed by atoms with Crippen molar-refractivity contribution in [3.63, 3.8) is 0 Å². The fourth-order valence-electron chi connectivity index (χ4n) is 2.55. The summed E-state index contributed by atoms with van der Waals surface area (Å²) in [6.07, 6.45) is 1.67. The molecule has 2 heterocycles. The molecule has 2 aromatic heterocycles. The van der Waals surface area contributed by atoms with Crippen molar-refractivity contribution in [1.82, 2.24) is 15.2 Å². The van der Waals surface area contributed by atoms with E-state index < -0.39 is 0 Å².